The molecule has 0 spiro atoms. The van der Waals surface area contributed by atoms with Gasteiger partial charge >= 0.3 is 0 Å². The molecule has 1 aliphatic heterocycles. The monoisotopic (exact) mass is 265 g/mol. The lowest BCUT2D eigenvalue weighted by Gasteiger charge is -2.21. The molecule has 0 fully saturated rings. The van der Waals surface area contributed by atoms with Crippen LogP contribution in [0.3, 0.4) is 0 Å². The largest absolute Gasteiger partial charge is 0.496 e. The highest BCUT2D eigenvalue weighted by Gasteiger charge is 2.21. The van der Waals surface area contributed by atoms with Crippen LogP contribution >= 0.6 is 11.8 Å². The van der Waals surface area contributed by atoms with Crippen LogP contribution in [0, 0.1) is 0 Å². The van der Waals surface area contributed by atoms with Gasteiger partial charge in [-0.05, 0) is 31.4 Å². The topological polar surface area (TPSA) is 62.7 Å². The summed E-state index contributed by atoms with van der Waals surface area (Å²) in [6, 6.07) is 5.48. The van der Waals surface area contributed by atoms with E-state index in [1.807, 2.05) is 24.5 Å². The summed E-state index contributed by atoms with van der Waals surface area (Å²) >= 11 is 1.64. The lowest BCUT2D eigenvalue weighted by molar-refractivity contribution is -0.122. The Hall–Kier alpha value is -1.69. The van der Waals surface area contributed by atoms with Crippen LogP contribution in [0.2, 0.25) is 0 Å². The third kappa shape index (κ3) is 2.43. The SMILES string of the molecule is COc1cc(SC)ccc1C1=NC(C)C(=O)NN1. The Kier molecular flexibility index (Phi) is 3.76. The average Bonchev–Trinajstić information content (AvgIpc) is 2.41. The molecule has 0 radical (unpaired) electrons. The van der Waals surface area contributed by atoms with Crippen LogP contribution in [0.1, 0.15) is 12.5 Å². The number of nitrogens with zero attached hydrogens (tertiary/aromatic N) is 1. The Bertz CT molecular complexity index is 502. The van der Waals surface area contributed by atoms with Crippen molar-refractivity contribution in [3.05, 3.63) is 23.8 Å². The van der Waals surface area contributed by atoms with Gasteiger partial charge in [0.25, 0.3) is 5.91 Å². The van der Waals surface area contributed by atoms with Crippen LogP contribution in [0.25, 0.3) is 0 Å². The Labute approximate surface area is 110 Å². The molecule has 1 atom stereocenters. The van der Waals surface area contributed by atoms with E-state index in [4.69, 9.17) is 4.74 Å². The second kappa shape index (κ2) is 5.30. The number of rotatable bonds is 3. The van der Waals surface area contributed by atoms with Crippen molar-refractivity contribution in [2.45, 2.75) is 17.9 Å². The van der Waals surface area contributed by atoms with Crippen molar-refractivity contribution >= 4 is 23.5 Å². The number of thioether (sulfide) groups is 1. The van der Waals surface area contributed by atoms with E-state index in [2.05, 4.69) is 15.8 Å². The Morgan fingerprint density at radius 3 is 2.78 bits per heavy atom. The molecule has 1 aliphatic rings. The normalized spacial score (nSPS) is 18.7. The Balaban J connectivity index is 2.39. The molecule has 0 aromatic heterocycles. The minimum absolute atomic E-state index is 0.140. The molecule has 1 aromatic carbocycles. The average molecular weight is 265 g/mol. The van der Waals surface area contributed by atoms with Crippen molar-refractivity contribution in [3.63, 3.8) is 0 Å². The van der Waals surface area contributed by atoms with Crippen LogP contribution in [-0.4, -0.2) is 31.2 Å². The summed E-state index contributed by atoms with van der Waals surface area (Å²) in [5, 5.41) is 0. The van der Waals surface area contributed by atoms with Crippen LogP contribution in [0.15, 0.2) is 28.1 Å². The van der Waals surface area contributed by atoms with Gasteiger partial charge in [-0.1, -0.05) is 0 Å². The lowest BCUT2D eigenvalue weighted by Crippen LogP contribution is -2.50. The fourth-order valence-corrected chi connectivity index (χ4v) is 2.07. The fraction of sp³-hybridized carbons (Fsp3) is 0.333. The summed E-state index contributed by atoms with van der Waals surface area (Å²) in [6.45, 7) is 1.75. The van der Waals surface area contributed by atoms with Crippen molar-refractivity contribution in [1.82, 2.24) is 10.9 Å². The molecule has 1 unspecified atom stereocenters. The molecule has 1 heterocycles. The summed E-state index contributed by atoms with van der Waals surface area (Å²) in [5.74, 6) is 1.21. The number of carbonyl (C=O) groups is 1. The zero-order chi connectivity index (χ0) is 13.1. The lowest BCUT2D eigenvalue weighted by atomic mass is 10.1. The minimum atomic E-state index is -0.397. The molecule has 5 nitrogen and oxygen atoms in total. The number of hydrogen-bond donors (Lipinski definition) is 2. The molecule has 0 saturated heterocycles. The van der Waals surface area contributed by atoms with Crippen LogP contribution in [0.5, 0.6) is 5.75 Å². The van der Waals surface area contributed by atoms with Crippen molar-refractivity contribution in [1.29, 1.82) is 0 Å². The first kappa shape index (κ1) is 12.8. The molecule has 1 aromatic rings. The van der Waals surface area contributed by atoms with Gasteiger partial charge in [0.2, 0.25) is 0 Å². The first-order chi connectivity index (χ1) is 8.65. The van der Waals surface area contributed by atoms with E-state index in [-0.39, 0.29) is 5.91 Å². The first-order valence-corrected chi connectivity index (χ1v) is 6.74. The third-order valence-corrected chi connectivity index (χ3v) is 3.40. The van der Waals surface area contributed by atoms with E-state index < -0.39 is 6.04 Å². The van der Waals surface area contributed by atoms with E-state index >= 15 is 0 Å². The maximum atomic E-state index is 11.3. The molecular formula is C12H15N3O2S. The number of ether oxygens (including phenoxy) is 1. The first-order valence-electron chi connectivity index (χ1n) is 5.51. The molecule has 0 bridgehead atoms. The van der Waals surface area contributed by atoms with Crippen molar-refractivity contribution < 1.29 is 9.53 Å². The van der Waals surface area contributed by atoms with Gasteiger partial charge in [0, 0.05) is 4.90 Å². The van der Waals surface area contributed by atoms with Crippen molar-refractivity contribution in [2.75, 3.05) is 13.4 Å². The maximum absolute atomic E-state index is 11.3. The van der Waals surface area contributed by atoms with Gasteiger partial charge < -0.3 is 4.74 Å². The standard InChI is InChI=1S/C12H15N3O2S/c1-7-12(16)15-14-11(13-7)9-5-4-8(18-3)6-10(9)17-2/h4-7H,1-3H3,(H,13,14)(H,15,16). The molecule has 0 aliphatic carbocycles. The number of aliphatic imine (C=N–C) groups is 1. The van der Waals surface area contributed by atoms with E-state index in [1.54, 1.807) is 25.8 Å². The predicted octanol–water partition coefficient (Wildman–Crippen LogP) is 1.19. The van der Waals surface area contributed by atoms with Gasteiger partial charge in [0.05, 0.1) is 12.7 Å². The zero-order valence-corrected chi connectivity index (χ0v) is 11.3. The number of amides is 1. The molecular weight excluding hydrogens is 250 g/mol. The molecule has 2 rings (SSSR count). The summed E-state index contributed by atoms with van der Waals surface area (Å²) in [5.41, 5.74) is 6.21. The molecule has 2 N–H and O–H groups in total. The highest BCUT2D eigenvalue weighted by atomic mass is 32.2. The van der Waals surface area contributed by atoms with Crippen LogP contribution in [0.4, 0.5) is 0 Å². The van der Waals surface area contributed by atoms with E-state index in [0.717, 1.165) is 16.2 Å². The predicted molar refractivity (Wildman–Crippen MR) is 72.1 cm³/mol. The summed E-state index contributed by atoms with van der Waals surface area (Å²) in [6.07, 6.45) is 2.01. The second-order valence-corrected chi connectivity index (χ2v) is 4.71. The van der Waals surface area contributed by atoms with Gasteiger partial charge in [0.1, 0.15) is 11.8 Å². The molecule has 96 valence electrons. The van der Waals surface area contributed by atoms with Crippen LogP contribution in [-0.2, 0) is 4.79 Å². The molecule has 6 heteroatoms. The second-order valence-electron chi connectivity index (χ2n) is 3.83. The molecule has 0 saturated carbocycles. The summed E-state index contributed by atoms with van der Waals surface area (Å²) in [4.78, 5) is 16.7. The fourth-order valence-electron chi connectivity index (χ4n) is 1.64. The van der Waals surface area contributed by atoms with Crippen LogP contribution < -0.4 is 15.6 Å². The zero-order valence-electron chi connectivity index (χ0n) is 10.5. The summed E-state index contributed by atoms with van der Waals surface area (Å²) in [7, 11) is 1.62. The van der Waals surface area contributed by atoms with Gasteiger partial charge in [0.15, 0.2) is 5.84 Å². The minimum Gasteiger partial charge on any atom is -0.496 e. The van der Waals surface area contributed by atoms with Crippen molar-refractivity contribution in [3.8, 4) is 5.75 Å². The highest BCUT2D eigenvalue weighted by molar-refractivity contribution is 7.98. The number of carbonyl (C=O) groups excluding carboxylic acids is 1. The maximum Gasteiger partial charge on any atom is 0.262 e. The summed E-state index contributed by atoms with van der Waals surface area (Å²) < 4.78 is 5.36. The van der Waals surface area contributed by atoms with Crippen molar-refractivity contribution in [2.24, 2.45) is 4.99 Å². The van der Waals surface area contributed by atoms with Gasteiger partial charge in [-0.15, -0.1) is 11.8 Å². The quantitative estimate of drug-likeness (QED) is 0.806. The number of benzene rings is 1. The highest BCUT2D eigenvalue weighted by Crippen LogP contribution is 2.25. The van der Waals surface area contributed by atoms with Gasteiger partial charge in [-0.3, -0.25) is 20.6 Å². The number of hydrazine groups is 1. The van der Waals surface area contributed by atoms with Gasteiger partial charge in [-0.2, -0.15) is 0 Å². The smallest absolute Gasteiger partial charge is 0.262 e. The molecule has 1 amide bonds. The number of methoxy groups -OCH3 is 1. The Morgan fingerprint density at radius 2 is 2.17 bits per heavy atom. The number of nitrogens with one attached hydrogen (secondary N) is 2. The number of amidine groups is 1. The van der Waals surface area contributed by atoms with E-state index in [1.165, 1.54) is 0 Å². The van der Waals surface area contributed by atoms with E-state index in [9.17, 15) is 4.79 Å². The van der Waals surface area contributed by atoms with Gasteiger partial charge in [-0.25, -0.2) is 0 Å². The Morgan fingerprint density at radius 1 is 1.39 bits per heavy atom. The third-order valence-electron chi connectivity index (χ3n) is 2.67. The number of hydrogen-bond acceptors (Lipinski definition) is 5. The van der Waals surface area contributed by atoms with E-state index in [0.29, 0.717) is 5.84 Å². The molecule has 18 heavy (non-hydrogen) atoms.